The zero-order valence-electron chi connectivity index (χ0n) is 6.83. The van der Waals surface area contributed by atoms with Gasteiger partial charge in [-0.1, -0.05) is 0 Å². The third-order valence-corrected chi connectivity index (χ3v) is 2.44. The molecule has 0 amide bonds. The van der Waals surface area contributed by atoms with E-state index in [1.54, 1.807) is 4.98 Å². The lowest BCUT2D eigenvalue weighted by Gasteiger charge is -2.21. The second kappa shape index (κ2) is 3.79. The summed E-state index contributed by atoms with van der Waals surface area (Å²) in [4.78, 5) is 12.3. The molecule has 0 aliphatic rings. The van der Waals surface area contributed by atoms with Crippen LogP contribution in [0.1, 0.15) is 5.69 Å². The van der Waals surface area contributed by atoms with E-state index in [9.17, 15) is 22.4 Å². The summed E-state index contributed by atoms with van der Waals surface area (Å²) < 4.78 is 50.4. The molecule has 0 unspecified atom stereocenters. The Hall–Kier alpha value is -0.560. The number of hydrogen-bond donors (Lipinski definition) is 1. The van der Waals surface area contributed by atoms with Gasteiger partial charge in [-0.05, 0) is 33.6 Å². The van der Waals surface area contributed by atoms with Gasteiger partial charge < -0.3 is 4.98 Å². The Labute approximate surface area is 94.4 Å². The molecule has 1 aromatic heterocycles. The summed E-state index contributed by atoms with van der Waals surface area (Å²) in [6, 6.07) is 1.85. The third kappa shape index (κ3) is 2.34. The number of alkyl halides is 5. The zero-order chi connectivity index (χ0) is 11.9. The number of hydrogen-bond acceptors (Lipinski definition) is 1. The highest BCUT2D eigenvalue weighted by molar-refractivity contribution is 9.10. The molecule has 0 aromatic carbocycles. The molecule has 0 fully saturated rings. The Morgan fingerprint density at radius 2 is 1.80 bits per heavy atom. The lowest BCUT2D eigenvalue weighted by Crippen LogP contribution is -2.35. The quantitative estimate of drug-likeness (QED) is 0.661. The summed E-state index contributed by atoms with van der Waals surface area (Å²) in [6.45, 7) is 0. The predicted octanol–water partition coefficient (Wildman–Crippen LogP) is 3.06. The van der Waals surface area contributed by atoms with Crippen molar-refractivity contribution in [3.8, 4) is 0 Å². The summed E-state index contributed by atoms with van der Waals surface area (Å²) in [5.41, 5.74) is -2.18. The fourth-order valence-electron chi connectivity index (χ4n) is 0.827. The van der Waals surface area contributed by atoms with Gasteiger partial charge in [0.2, 0.25) is 5.56 Å². The molecule has 2 nitrogen and oxygen atoms in total. The van der Waals surface area contributed by atoms with Crippen molar-refractivity contribution in [2.75, 3.05) is 0 Å². The molecule has 15 heavy (non-hydrogen) atoms. The van der Waals surface area contributed by atoms with Crippen LogP contribution in [0, 0.1) is 0 Å². The summed E-state index contributed by atoms with van der Waals surface area (Å²) in [6.07, 6.45) is 0. The van der Waals surface area contributed by atoms with Crippen molar-refractivity contribution in [3.05, 3.63) is 32.7 Å². The Kier molecular flexibility index (Phi) is 3.16. The first kappa shape index (κ1) is 12.5. The SMILES string of the molecule is O=c1ccc(Br)c(C(F)(F)C(F)(F)Cl)[nH]1. The minimum absolute atomic E-state index is 0.354. The van der Waals surface area contributed by atoms with Gasteiger partial charge in [0.1, 0.15) is 5.69 Å². The molecule has 0 aliphatic carbocycles. The van der Waals surface area contributed by atoms with E-state index in [0.717, 1.165) is 12.1 Å². The predicted molar refractivity (Wildman–Crippen MR) is 49.5 cm³/mol. The molecule has 1 N–H and O–H groups in total. The molecule has 0 atom stereocenters. The summed E-state index contributed by atoms with van der Waals surface area (Å²) in [5, 5.41) is -4.78. The highest BCUT2D eigenvalue weighted by atomic mass is 79.9. The largest absolute Gasteiger partial charge is 0.390 e. The summed E-state index contributed by atoms with van der Waals surface area (Å²) in [5.74, 6) is -4.66. The van der Waals surface area contributed by atoms with Gasteiger partial charge in [-0.15, -0.1) is 0 Å². The third-order valence-electron chi connectivity index (χ3n) is 1.54. The van der Waals surface area contributed by atoms with Crippen LogP contribution in [0.5, 0.6) is 0 Å². The van der Waals surface area contributed by atoms with Crippen molar-refractivity contribution in [2.45, 2.75) is 11.3 Å². The van der Waals surface area contributed by atoms with Crippen LogP contribution in [-0.2, 0) is 5.92 Å². The standard InChI is InChI=1S/C7H3BrClF4NO/c8-3-1-2-4(15)14-5(3)6(10,11)7(9,12)13/h1-2H,(H,14,15). The van der Waals surface area contributed by atoms with E-state index in [-0.39, 0.29) is 4.47 Å². The molecule has 1 rings (SSSR count). The first-order valence-corrected chi connectivity index (χ1v) is 4.67. The number of halogens is 6. The molecule has 84 valence electrons. The van der Waals surface area contributed by atoms with Crippen molar-refractivity contribution in [1.82, 2.24) is 4.98 Å². The highest BCUT2D eigenvalue weighted by Gasteiger charge is 2.58. The van der Waals surface area contributed by atoms with Crippen LogP contribution in [0.4, 0.5) is 17.6 Å². The maximum Gasteiger partial charge on any atom is 0.390 e. The molecule has 1 heterocycles. The minimum Gasteiger partial charge on any atom is -0.320 e. The van der Waals surface area contributed by atoms with Gasteiger partial charge in [0.25, 0.3) is 0 Å². The molecule has 0 bridgehead atoms. The van der Waals surface area contributed by atoms with Gasteiger partial charge in [0.05, 0.1) is 0 Å². The number of nitrogens with one attached hydrogen (secondary N) is 1. The molecule has 0 aliphatic heterocycles. The summed E-state index contributed by atoms with van der Waals surface area (Å²) >= 11 is 6.87. The molecule has 8 heteroatoms. The first-order valence-electron chi connectivity index (χ1n) is 3.50. The van der Waals surface area contributed by atoms with Gasteiger partial charge in [0.15, 0.2) is 0 Å². The van der Waals surface area contributed by atoms with Gasteiger partial charge in [-0.25, -0.2) is 0 Å². The average molecular weight is 308 g/mol. The molecule has 0 saturated heterocycles. The Balaban J connectivity index is 3.39. The second-order valence-corrected chi connectivity index (χ2v) is 3.95. The van der Waals surface area contributed by atoms with Crippen LogP contribution in [0.25, 0.3) is 0 Å². The molecule has 1 aromatic rings. The molecular weight excluding hydrogens is 305 g/mol. The lowest BCUT2D eigenvalue weighted by molar-refractivity contribution is -0.167. The normalized spacial score (nSPS) is 12.9. The number of aromatic nitrogens is 1. The molecule has 0 radical (unpaired) electrons. The van der Waals surface area contributed by atoms with Gasteiger partial charge in [-0.2, -0.15) is 17.6 Å². The number of rotatable bonds is 2. The maximum atomic E-state index is 13.0. The molecular formula is C7H3BrClF4NO. The van der Waals surface area contributed by atoms with Crippen LogP contribution in [-0.4, -0.2) is 10.4 Å². The fraction of sp³-hybridized carbons (Fsp3) is 0.286. The minimum atomic E-state index is -4.78. The van der Waals surface area contributed by atoms with E-state index in [0.29, 0.717) is 0 Å². The number of H-pyrrole nitrogens is 1. The van der Waals surface area contributed by atoms with Crippen molar-refractivity contribution in [1.29, 1.82) is 0 Å². The number of aromatic amines is 1. The lowest BCUT2D eigenvalue weighted by atomic mass is 10.2. The topological polar surface area (TPSA) is 32.9 Å². The van der Waals surface area contributed by atoms with E-state index < -0.39 is 22.6 Å². The van der Waals surface area contributed by atoms with Crippen LogP contribution in [0.3, 0.4) is 0 Å². The smallest absolute Gasteiger partial charge is 0.320 e. The van der Waals surface area contributed by atoms with Crippen LogP contribution < -0.4 is 5.56 Å². The zero-order valence-corrected chi connectivity index (χ0v) is 9.17. The van der Waals surface area contributed by atoms with Crippen molar-refractivity contribution in [2.24, 2.45) is 0 Å². The number of pyridine rings is 1. The molecule has 0 saturated carbocycles. The van der Waals surface area contributed by atoms with Crippen LogP contribution in [0.15, 0.2) is 21.4 Å². The second-order valence-electron chi connectivity index (χ2n) is 2.62. The van der Waals surface area contributed by atoms with E-state index in [1.165, 1.54) is 0 Å². The highest BCUT2D eigenvalue weighted by Crippen LogP contribution is 2.46. The molecule has 0 spiro atoms. The van der Waals surface area contributed by atoms with Crippen LogP contribution in [0.2, 0.25) is 0 Å². The van der Waals surface area contributed by atoms with Gasteiger partial charge >= 0.3 is 11.3 Å². The van der Waals surface area contributed by atoms with Gasteiger partial charge in [-0.3, -0.25) is 4.79 Å². The van der Waals surface area contributed by atoms with Crippen molar-refractivity contribution >= 4 is 27.5 Å². The van der Waals surface area contributed by atoms with Crippen LogP contribution >= 0.6 is 27.5 Å². The van der Waals surface area contributed by atoms with E-state index in [1.807, 2.05) is 0 Å². The maximum absolute atomic E-state index is 13.0. The van der Waals surface area contributed by atoms with Crippen molar-refractivity contribution in [3.63, 3.8) is 0 Å². The average Bonchev–Trinajstić information content (AvgIpc) is 2.07. The monoisotopic (exact) mass is 307 g/mol. The van der Waals surface area contributed by atoms with E-state index in [4.69, 9.17) is 0 Å². The van der Waals surface area contributed by atoms with Gasteiger partial charge in [0, 0.05) is 10.5 Å². The Morgan fingerprint density at radius 3 is 2.27 bits per heavy atom. The Bertz CT molecular complexity index is 428. The summed E-state index contributed by atoms with van der Waals surface area (Å²) in [7, 11) is 0. The van der Waals surface area contributed by atoms with Crippen molar-refractivity contribution < 1.29 is 17.6 Å². The fourth-order valence-corrected chi connectivity index (χ4v) is 1.40. The van der Waals surface area contributed by atoms with E-state index >= 15 is 0 Å². The Morgan fingerprint density at radius 1 is 1.27 bits per heavy atom. The first-order chi connectivity index (χ1) is 6.66. The van der Waals surface area contributed by atoms with E-state index in [2.05, 4.69) is 27.5 Å².